The van der Waals surface area contributed by atoms with Gasteiger partial charge in [0, 0.05) is 32.6 Å². The molecule has 0 aliphatic carbocycles. The summed E-state index contributed by atoms with van der Waals surface area (Å²) < 4.78 is 22.4. The van der Waals surface area contributed by atoms with E-state index in [1.807, 2.05) is 0 Å². The SMILES string of the molecule is CCOC(=O)N1CCC(O)(P(C)(=O)OCC)CC1. The Kier molecular flexibility index (Phi) is 5.20. The zero-order valence-electron chi connectivity index (χ0n) is 11.2. The molecule has 1 N–H and O–H groups in total. The third-order valence-electron chi connectivity index (χ3n) is 3.22. The summed E-state index contributed by atoms with van der Waals surface area (Å²) in [6.45, 7) is 6.24. The molecule has 1 rings (SSSR count). The van der Waals surface area contributed by atoms with E-state index in [0.717, 1.165) is 0 Å². The zero-order valence-corrected chi connectivity index (χ0v) is 12.1. The second kappa shape index (κ2) is 6.04. The number of hydrogen-bond acceptors (Lipinski definition) is 5. The molecule has 0 radical (unpaired) electrons. The van der Waals surface area contributed by atoms with Gasteiger partial charge in [0.25, 0.3) is 0 Å². The van der Waals surface area contributed by atoms with E-state index in [2.05, 4.69) is 0 Å². The van der Waals surface area contributed by atoms with Crippen LogP contribution in [0.15, 0.2) is 0 Å². The van der Waals surface area contributed by atoms with Gasteiger partial charge in [-0.1, -0.05) is 0 Å². The van der Waals surface area contributed by atoms with Crippen LogP contribution in [0.3, 0.4) is 0 Å². The highest BCUT2D eigenvalue weighted by molar-refractivity contribution is 7.59. The van der Waals surface area contributed by atoms with Crippen LogP contribution in [0, 0.1) is 0 Å². The van der Waals surface area contributed by atoms with Crippen molar-refractivity contribution in [2.24, 2.45) is 0 Å². The Balaban J connectivity index is 2.62. The number of aliphatic hydroxyl groups is 1. The fourth-order valence-electron chi connectivity index (χ4n) is 2.03. The molecule has 1 aliphatic rings. The van der Waals surface area contributed by atoms with E-state index in [9.17, 15) is 14.5 Å². The monoisotopic (exact) mass is 279 g/mol. The van der Waals surface area contributed by atoms with Gasteiger partial charge < -0.3 is 19.3 Å². The predicted molar refractivity (Wildman–Crippen MR) is 67.9 cm³/mol. The first-order valence-electron chi connectivity index (χ1n) is 6.22. The Labute approximate surface area is 108 Å². The Morgan fingerprint density at radius 3 is 2.33 bits per heavy atom. The van der Waals surface area contributed by atoms with E-state index in [-0.39, 0.29) is 18.9 Å². The van der Waals surface area contributed by atoms with Gasteiger partial charge in [-0.15, -0.1) is 0 Å². The van der Waals surface area contributed by atoms with Gasteiger partial charge in [-0.2, -0.15) is 0 Å². The van der Waals surface area contributed by atoms with E-state index in [0.29, 0.717) is 26.3 Å². The third kappa shape index (κ3) is 3.25. The summed E-state index contributed by atoms with van der Waals surface area (Å²) in [5.41, 5.74) is 0. The molecule has 0 spiro atoms. The van der Waals surface area contributed by atoms with Crippen molar-refractivity contribution in [2.75, 3.05) is 33.0 Å². The maximum absolute atomic E-state index is 12.3. The minimum absolute atomic E-state index is 0.250. The molecule has 0 aromatic rings. The number of carbonyl (C=O) groups is 1. The molecule has 1 heterocycles. The van der Waals surface area contributed by atoms with E-state index in [4.69, 9.17) is 9.26 Å². The first kappa shape index (κ1) is 15.5. The lowest BCUT2D eigenvalue weighted by molar-refractivity contribution is 0.0272. The Morgan fingerprint density at radius 1 is 1.33 bits per heavy atom. The molecule has 7 heteroatoms. The van der Waals surface area contributed by atoms with Crippen molar-refractivity contribution in [3.8, 4) is 0 Å². The predicted octanol–water partition coefficient (Wildman–Crippen LogP) is 1.87. The van der Waals surface area contributed by atoms with E-state index in [1.54, 1.807) is 13.8 Å². The van der Waals surface area contributed by atoms with Gasteiger partial charge in [0.1, 0.15) is 5.34 Å². The lowest BCUT2D eigenvalue weighted by atomic mass is 10.1. The maximum atomic E-state index is 12.3. The highest BCUT2D eigenvalue weighted by atomic mass is 31.2. The van der Waals surface area contributed by atoms with Gasteiger partial charge in [0.15, 0.2) is 0 Å². The molecule has 1 saturated heterocycles. The molecule has 106 valence electrons. The summed E-state index contributed by atoms with van der Waals surface area (Å²) in [6.07, 6.45) is 0.112. The minimum Gasteiger partial charge on any atom is -0.450 e. The number of piperidine rings is 1. The van der Waals surface area contributed by atoms with Crippen LogP contribution in [0.25, 0.3) is 0 Å². The molecule has 18 heavy (non-hydrogen) atoms. The molecule has 6 nitrogen and oxygen atoms in total. The average molecular weight is 279 g/mol. The molecule has 0 bridgehead atoms. The van der Waals surface area contributed by atoms with Gasteiger partial charge in [-0.25, -0.2) is 4.79 Å². The fraction of sp³-hybridized carbons (Fsp3) is 0.909. The topological polar surface area (TPSA) is 76.1 Å². The van der Waals surface area contributed by atoms with Crippen LogP contribution in [0.2, 0.25) is 0 Å². The average Bonchev–Trinajstić information content (AvgIpc) is 2.30. The summed E-state index contributed by atoms with van der Waals surface area (Å²) in [5.74, 6) is 0. The molecular formula is C11H22NO5P. The fourth-order valence-corrected chi connectivity index (χ4v) is 3.78. The number of amides is 1. The number of ether oxygens (including phenoxy) is 1. The number of hydrogen-bond donors (Lipinski definition) is 1. The Morgan fingerprint density at radius 2 is 1.89 bits per heavy atom. The highest BCUT2D eigenvalue weighted by Crippen LogP contribution is 2.58. The van der Waals surface area contributed by atoms with Crippen LogP contribution in [-0.4, -0.2) is 54.4 Å². The summed E-state index contributed by atoms with van der Waals surface area (Å²) in [4.78, 5) is 13.0. The van der Waals surface area contributed by atoms with Crippen LogP contribution < -0.4 is 0 Å². The maximum Gasteiger partial charge on any atom is 0.409 e. The largest absolute Gasteiger partial charge is 0.450 e. The summed E-state index contributed by atoms with van der Waals surface area (Å²) in [7, 11) is -3.08. The second-order valence-electron chi connectivity index (χ2n) is 4.43. The molecule has 1 atom stereocenters. The van der Waals surface area contributed by atoms with Gasteiger partial charge in [0.2, 0.25) is 7.37 Å². The van der Waals surface area contributed by atoms with Crippen molar-refractivity contribution in [3.63, 3.8) is 0 Å². The van der Waals surface area contributed by atoms with Crippen LogP contribution in [-0.2, 0) is 13.8 Å². The van der Waals surface area contributed by atoms with E-state index < -0.39 is 12.7 Å². The van der Waals surface area contributed by atoms with Crippen molar-refractivity contribution in [1.82, 2.24) is 4.90 Å². The molecule has 1 amide bonds. The molecule has 1 aliphatic heterocycles. The van der Waals surface area contributed by atoms with Crippen molar-refractivity contribution in [3.05, 3.63) is 0 Å². The van der Waals surface area contributed by atoms with E-state index >= 15 is 0 Å². The summed E-state index contributed by atoms with van der Waals surface area (Å²) >= 11 is 0. The third-order valence-corrected chi connectivity index (χ3v) is 5.93. The lowest BCUT2D eigenvalue weighted by Crippen LogP contribution is -2.46. The van der Waals surface area contributed by atoms with Crippen molar-refractivity contribution < 1.29 is 23.7 Å². The molecule has 0 saturated carbocycles. The van der Waals surface area contributed by atoms with Crippen molar-refractivity contribution in [1.29, 1.82) is 0 Å². The number of likely N-dealkylation sites (tertiary alicyclic amines) is 1. The van der Waals surface area contributed by atoms with Crippen molar-refractivity contribution >= 4 is 13.5 Å². The number of nitrogens with zero attached hydrogens (tertiary/aromatic N) is 1. The standard InChI is InChI=1S/C11H22NO5P/c1-4-16-10(13)12-8-6-11(14,7-9-12)18(3,15)17-5-2/h14H,4-9H2,1-3H3. The summed E-state index contributed by atoms with van der Waals surface area (Å²) in [6, 6.07) is 0. The van der Waals surface area contributed by atoms with Gasteiger partial charge in [0.05, 0.1) is 13.2 Å². The van der Waals surface area contributed by atoms with E-state index in [1.165, 1.54) is 11.6 Å². The lowest BCUT2D eigenvalue weighted by Gasteiger charge is -2.40. The highest BCUT2D eigenvalue weighted by Gasteiger charge is 2.47. The first-order valence-corrected chi connectivity index (χ1v) is 8.29. The van der Waals surface area contributed by atoms with Crippen LogP contribution in [0.5, 0.6) is 0 Å². The number of carbonyl (C=O) groups excluding carboxylic acids is 1. The molecule has 0 aromatic heterocycles. The van der Waals surface area contributed by atoms with Gasteiger partial charge in [-0.05, 0) is 13.8 Å². The van der Waals surface area contributed by atoms with Crippen LogP contribution in [0.1, 0.15) is 26.7 Å². The zero-order chi connectivity index (χ0) is 13.8. The van der Waals surface area contributed by atoms with Crippen LogP contribution in [0.4, 0.5) is 4.79 Å². The second-order valence-corrected chi connectivity index (χ2v) is 7.21. The minimum atomic E-state index is -3.08. The number of rotatable bonds is 4. The molecule has 1 unspecified atom stereocenters. The smallest absolute Gasteiger partial charge is 0.409 e. The first-order chi connectivity index (χ1) is 8.36. The molecular weight excluding hydrogens is 257 g/mol. The van der Waals surface area contributed by atoms with Gasteiger partial charge >= 0.3 is 6.09 Å². The van der Waals surface area contributed by atoms with Crippen molar-refractivity contribution in [2.45, 2.75) is 32.0 Å². The van der Waals surface area contributed by atoms with Gasteiger partial charge in [-0.3, -0.25) is 4.57 Å². The Bertz CT molecular complexity index is 338. The molecule has 1 fully saturated rings. The molecule has 0 aromatic carbocycles. The normalized spacial score (nSPS) is 22.3. The van der Waals surface area contributed by atoms with Crippen LogP contribution >= 0.6 is 7.37 Å². The quantitative estimate of drug-likeness (QED) is 0.795. The summed E-state index contributed by atoms with van der Waals surface area (Å²) in [5, 5.41) is 9.07. The Hall–Kier alpha value is -0.580.